The molecule has 166 valence electrons. The van der Waals surface area contributed by atoms with Crippen LogP contribution in [0.4, 0.5) is 5.69 Å². The van der Waals surface area contributed by atoms with Crippen molar-refractivity contribution in [2.75, 3.05) is 14.2 Å². The molecule has 2 aromatic rings. The Bertz CT molecular complexity index is 1160. The van der Waals surface area contributed by atoms with Gasteiger partial charge in [-0.25, -0.2) is 0 Å². The van der Waals surface area contributed by atoms with Gasteiger partial charge in [0.05, 0.1) is 19.1 Å². The molecule has 0 fully saturated rings. The molecule has 0 spiro atoms. The first kappa shape index (κ1) is 21.4. The topological polar surface area (TPSA) is 128 Å². The lowest BCUT2D eigenvalue weighted by Crippen LogP contribution is -2.38. The molecule has 2 atom stereocenters. The van der Waals surface area contributed by atoms with E-state index in [1.807, 2.05) is 24.3 Å². The van der Waals surface area contributed by atoms with Crippen LogP contribution in [-0.2, 0) is 9.59 Å². The van der Waals surface area contributed by atoms with Crippen LogP contribution in [0.15, 0.2) is 47.7 Å². The number of nitro benzene ring substituents is 1. The summed E-state index contributed by atoms with van der Waals surface area (Å²) in [5.41, 5.74) is 1.75. The average Bonchev–Trinajstić information content (AvgIpc) is 2.78. The van der Waals surface area contributed by atoms with Gasteiger partial charge in [-0.05, 0) is 41.7 Å². The van der Waals surface area contributed by atoms with Crippen LogP contribution in [0, 0.1) is 10.1 Å². The number of aromatic hydroxyl groups is 1. The second-order valence-corrected chi connectivity index (χ2v) is 7.85. The second kappa shape index (κ2) is 8.33. The molecule has 2 N–H and O–H groups in total. The maximum atomic E-state index is 13.2. The van der Waals surface area contributed by atoms with Gasteiger partial charge in [-0.3, -0.25) is 19.7 Å². The van der Waals surface area contributed by atoms with Crippen LogP contribution >= 0.6 is 0 Å². The Morgan fingerprint density at radius 2 is 1.84 bits per heavy atom. The quantitative estimate of drug-likeness (QED) is 0.541. The molecule has 2 aromatic carbocycles. The summed E-state index contributed by atoms with van der Waals surface area (Å²) in [6.07, 6.45) is 0.670. The smallest absolute Gasteiger partial charge is 0.314 e. The molecule has 0 saturated heterocycles. The molecule has 9 heteroatoms. The van der Waals surface area contributed by atoms with Crippen LogP contribution in [0.1, 0.15) is 42.2 Å². The lowest BCUT2D eigenvalue weighted by Gasteiger charge is -2.34. The Hall–Kier alpha value is -3.88. The van der Waals surface area contributed by atoms with Gasteiger partial charge in [0.1, 0.15) is 5.75 Å². The van der Waals surface area contributed by atoms with Crippen LogP contribution in [-0.4, -0.2) is 35.9 Å². The summed E-state index contributed by atoms with van der Waals surface area (Å²) >= 11 is 0. The highest BCUT2D eigenvalue weighted by Crippen LogP contribution is 2.46. The highest BCUT2D eigenvalue weighted by atomic mass is 16.6. The summed E-state index contributed by atoms with van der Waals surface area (Å²) in [6, 6.07) is 10.1. The normalized spacial score (nSPS) is 20.4. The van der Waals surface area contributed by atoms with E-state index < -0.39 is 22.3 Å². The number of methoxy groups -OCH3 is 2. The molecule has 9 nitrogen and oxygen atoms in total. The number of nitrogens with one attached hydrogen (secondary N) is 1. The van der Waals surface area contributed by atoms with E-state index in [0.717, 1.165) is 5.56 Å². The first-order valence-electron chi connectivity index (χ1n) is 10.1. The van der Waals surface area contributed by atoms with E-state index in [1.54, 1.807) is 7.11 Å². The number of nitro groups is 1. The predicted octanol–water partition coefficient (Wildman–Crippen LogP) is 3.32. The van der Waals surface area contributed by atoms with Crippen LogP contribution in [0.3, 0.4) is 0 Å². The fourth-order valence-corrected chi connectivity index (χ4v) is 4.49. The van der Waals surface area contributed by atoms with Crippen molar-refractivity contribution in [2.24, 2.45) is 0 Å². The third kappa shape index (κ3) is 3.77. The number of carbonyl (C=O) groups excluding carboxylic acids is 2. The number of Topliss-reactive ketones (excluding diaryl/α,β-unsaturated/α-hetero) is 1. The van der Waals surface area contributed by atoms with Crippen molar-refractivity contribution >= 4 is 17.4 Å². The van der Waals surface area contributed by atoms with Crippen LogP contribution < -0.4 is 14.8 Å². The van der Waals surface area contributed by atoms with E-state index in [4.69, 9.17) is 9.47 Å². The van der Waals surface area contributed by atoms with Gasteiger partial charge >= 0.3 is 5.69 Å². The fourth-order valence-electron chi connectivity index (χ4n) is 4.49. The zero-order chi connectivity index (χ0) is 23.0. The van der Waals surface area contributed by atoms with Crippen molar-refractivity contribution < 1.29 is 29.1 Å². The van der Waals surface area contributed by atoms with E-state index >= 15 is 0 Å². The van der Waals surface area contributed by atoms with Crippen molar-refractivity contribution in [2.45, 2.75) is 31.1 Å². The molecular formula is C23H22N2O7. The highest BCUT2D eigenvalue weighted by molar-refractivity contribution is 6.02. The van der Waals surface area contributed by atoms with E-state index in [-0.39, 0.29) is 36.2 Å². The number of allylic oxidation sites excluding steroid dienone is 2. The van der Waals surface area contributed by atoms with Crippen LogP contribution in [0.5, 0.6) is 17.2 Å². The van der Waals surface area contributed by atoms with E-state index in [9.17, 15) is 24.8 Å². The monoisotopic (exact) mass is 438 g/mol. The lowest BCUT2D eigenvalue weighted by atomic mass is 9.73. The van der Waals surface area contributed by atoms with Crippen LogP contribution in [0.2, 0.25) is 0 Å². The molecule has 1 heterocycles. The fraction of sp³-hybridized carbons (Fsp3) is 0.304. The van der Waals surface area contributed by atoms with Gasteiger partial charge < -0.3 is 19.9 Å². The van der Waals surface area contributed by atoms with Gasteiger partial charge in [0, 0.05) is 36.1 Å². The number of ether oxygens (including phenoxy) is 2. The predicted molar refractivity (Wildman–Crippen MR) is 114 cm³/mol. The molecule has 2 aliphatic rings. The molecule has 2 unspecified atom stereocenters. The number of hydrogen-bond donors (Lipinski definition) is 2. The van der Waals surface area contributed by atoms with E-state index in [0.29, 0.717) is 29.0 Å². The van der Waals surface area contributed by atoms with Crippen molar-refractivity contribution in [1.29, 1.82) is 0 Å². The largest absolute Gasteiger partial charge is 0.500 e. The molecule has 4 rings (SSSR count). The van der Waals surface area contributed by atoms with Crippen molar-refractivity contribution in [3.05, 3.63) is 68.9 Å². The molecule has 0 radical (unpaired) electrons. The van der Waals surface area contributed by atoms with Gasteiger partial charge in [-0.2, -0.15) is 0 Å². The molecule has 0 saturated carbocycles. The number of ketones is 1. The Balaban J connectivity index is 1.76. The van der Waals surface area contributed by atoms with Crippen molar-refractivity contribution in [1.82, 2.24) is 5.32 Å². The molecule has 1 aliphatic carbocycles. The summed E-state index contributed by atoms with van der Waals surface area (Å²) in [5, 5.41) is 24.3. The highest BCUT2D eigenvalue weighted by Gasteiger charge is 2.39. The third-order valence-electron chi connectivity index (χ3n) is 6.00. The second-order valence-electron chi connectivity index (χ2n) is 7.85. The Morgan fingerprint density at radius 1 is 1.06 bits per heavy atom. The number of carbonyl (C=O) groups is 2. The first-order valence-corrected chi connectivity index (χ1v) is 10.1. The van der Waals surface area contributed by atoms with E-state index in [2.05, 4.69) is 5.32 Å². The molecule has 1 amide bonds. The standard InChI is InChI=1S/C23H22N2O7/c1-31-15-5-3-4-12(6-15)13-7-17-22(19(26)9-13)16(11-21(27)24-17)14-8-18(25(29)30)23(28)20(10-14)32-2/h3-6,8,10,13,16,28H,7,9,11H2,1-2H3,(H,24,27). The van der Waals surface area contributed by atoms with Gasteiger partial charge in [-0.1, -0.05) is 12.1 Å². The lowest BCUT2D eigenvalue weighted by molar-refractivity contribution is -0.386. The summed E-state index contributed by atoms with van der Waals surface area (Å²) < 4.78 is 10.4. The van der Waals surface area contributed by atoms with E-state index in [1.165, 1.54) is 19.2 Å². The number of rotatable bonds is 5. The summed E-state index contributed by atoms with van der Waals surface area (Å²) in [5.74, 6) is -1.18. The number of nitrogens with zero attached hydrogens (tertiary/aromatic N) is 1. The average molecular weight is 438 g/mol. The number of benzene rings is 2. The molecule has 0 aromatic heterocycles. The number of phenolic OH excluding ortho intramolecular Hbond substituents is 1. The van der Waals surface area contributed by atoms with Gasteiger partial charge in [-0.15, -0.1) is 0 Å². The minimum Gasteiger partial charge on any atom is -0.500 e. The zero-order valence-electron chi connectivity index (χ0n) is 17.6. The minimum atomic E-state index is -0.721. The van der Waals surface area contributed by atoms with Gasteiger partial charge in [0.15, 0.2) is 11.5 Å². The maximum absolute atomic E-state index is 13.2. The summed E-state index contributed by atoms with van der Waals surface area (Å²) in [6.45, 7) is 0. The number of phenols is 1. The molecule has 32 heavy (non-hydrogen) atoms. The summed E-state index contributed by atoms with van der Waals surface area (Å²) in [7, 11) is 2.86. The Kier molecular flexibility index (Phi) is 5.56. The molecule has 0 bridgehead atoms. The van der Waals surface area contributed by atoms with Crippen molar-refractivity contribution in [3.8, 4) is 17.2 Å². The Labute approximate surface area is 183 Å². The third-order valence-corrected chi connectivity index (χ3v) is 6.00. The molecule has 1 aliphatic heterocycles. The van der Waals surface area contributed by atoms with Gasteiger partial charge in [0.2, 0.25) is 11.7 Å². The number of amides is 1. The van der Waals surface area contributed by atoms with Gasteiger partial charge in [0.25, 0.3) is 0 Å². The zero-order valence-corrected chi connectivity index (χ0v) is 17.6. The maximum Gasteiger partial charge on any atom is 0.314 e. The SMILES string of the molecule is COc1cccc(C2CC(=O)C3=C(C2)NC(=O)CC3c2cc(OC)c(O)c([N+](=O)[O-])c2)c1. The van der Waals surface area contributed by atoms with Crippen LogP contribution in [0.25, 0.3) is 0 Å². The summed E-state index contributed by atoms with van der Waals surface area (Å²) in [4.78, 5) is 36.4. The van der Waals surface area contributed by atoms with Crippen molar-refractivity contribution in [3.63, 3.8) is 0 Å². The Morgan fingerprint density at radius 3 is 2.53 bits per heavy atom. The first-order chi connectivity index (χ1) is 15.3. The minimum absolute atomic E-state index is 0.0283. The number of hydrogen-bond acceptors (Lipinski definition) is 7. The molecular weight excluding hydrogens is 416 g/mol.